The summed E-state index contributed by atoms with van der Waals surface area (Å²) in [6, 6.07) is 11.2. The largest absolute Gasteiger partial charge is 0.493 e. The molecule has 1 aromatic heterocycles. The highest BCUT2D eigenvalue weighted by Crippen LogP contribution is 2.29. The van der Waals surface area contributed by atoms with E-state index in [1.807, 2.05) is 19.9 Å². The Morgan fingerprint density at radius 3 is 2.50 bits per heavy atom. The lowest BCUT2D eigenvalue weighted by Crippen LogP contribution is -2.13. The minimum absolute atomic E-state index is 0.0144. The molecule has 168 valence electrons. The van der Waals surface area contributed by atoms with Crippen molar-refractivity contribution in [2.75, 3.05) is 17.1 Å². The van der Waals surface area contributed by atoms with Crippen LogP contribution in [-0.4, -0.2) is 32.5 Å². The van der Waals surface area contributed by atoms with Crippen molar-refractivity contribution in [3.63, 3.8) is 0 Å². The number of thiazole rings is 1. The van der Waals surface area contributed by atoms with Crippen molar-refractivity contribution >= 4 is 44.2 Å². The molecule has 0 saturated carbocycles. The topological polar surface area (TPSA) is 107 Å². The summed E-state index contributed by atoms with van der Waals surface area (Å²) in [4.78, 5) is 16.2. The average molecular weight is 474 g/mol. The molecule has 0 atom stereocenters. The summed E-state index contributed by atoms with van der Waals surface area (Å²) >= 11 is 1.18. The third-order valence-electron chi connectivity index (χ3n) is 4.06. The molecule has 1 heterocycles. The van der Waals surface area contributed by atoms with E-state index in [0.717, 1.165) is 5.56 Å². The van der Waals surface area contributed by atoms with Gasteiger partial charge in [-0.05, 0) is 61.9 Å². The second-order valence-corrected chi connectivity index (χ2v) is 9.44. The summed E-state index contributed by atoms with van der Waals surface area (Å²) in [5, 5.41) is 4.65. The normalized spacial score (nSPS) is 11.5. The minimum Gasteiger partial charge on any atom is -0.493 e. The molecule has 8 nitrogen and oxygen atoms in total. The zero-order chi connectivity index (χ0) is 23.1. The molecule has 0 unspecified atom stereocenters. The van der Waals surface area contributed by atoms with Gasteiger partial charge in [0.25, 0.3) is 10.0 Å². The number of benzene rings is 2. The number of nitrogens with one attached hydrogen (secondary N) is 2. The fourth-order valence-corrected chi connectivity index (χ4v) is 4.45. The predicted octanol–water partition coefficient (Wildman–Crippen LogP) is 4.39. The van der Waals surface area contributed by atoms with Gasteiger partial charge in [0.05, 0.1) is 18.1 Å². The van der Waals surface area contributed by atoms with Gasteiger partial charge >= 0.3 is 0 Å². The Bertz CT molecular complexity index is 1190. The Morgan fingerprint density at radius 1 is 1.12 bits per heavy atom. The van der Waals surface area contributed by atoms with Crippen LogP contribution < -0.4 is 19.5 Å². The fraction of sp³-hybridized carbons (Fsp3) is 0.182. The standard InChI is InChI=1S/C22H23N3O5S2/c1-15(2)30-19-10-4-16(14-20(19)29-3)5-11-21(26)24-17-6-8-18(9-7-17)32(27,28)25-22-23-12-13-31-22/h4-15H,1-3H3,(H,23,25)(H,24,26)/b11-5+. The Hall–Kier alpha value is -3.37. The van der Waals surface area contributed by atoms with Crippen molar-refractivity contribution in [2.45, 2.75) is 24.8 Å². The monoisotopic (exact) mass is 473 g/mol. The highest BCUT2D eigenvalue weighted by Gasteiger charge is 2.15. The maximum absolute atomic E-state index is 12.4. The SMILES string of the molecule is COc1cc(/C=C/C(=O)Nc2ccc(S(=O)(=O)Nc3nccs3)cc2)ccc1OC(C)C. The highest BCUT2D eigenvalue weighted by atomic mass is 32.2. The van der Waals surface area contributed by atoms with Crippen LogP contribution in [0.3, 0.4) is 0 Å². The molecule has 0 aliphatic carbocycles. The lowest BCUT2D eigenvalue weighted by molar-refractivity contribution is -0.111. The van der Waals surface area contributed by atoms with Gasteiger partial charge in [-0.1, -0.05) is 6.07 Å². The second kappa shape index (κ2) is 10.3. The first kappa shape index (κ1) is 23.3. The van der Waals surface area contributed by atoms with Crippen molar-refractivity contribution in [1.29, 1.82) is 0 Å². The van der Waals surface area contributed by atoms with Gasteiger partial charge in [0.1, 0.15) is 0 Å². The summed E-state index contributed by atoms with van der Waals surface area (Å²) in [6.45, 7) is 3.86. The molecule has 3 rings (SSSR count). The number of hydrogen-bond donors (Lipinski definition) is 2. The second-order valence-electron chi connectivity index (χ2n) is 6.87. The number of anilines is 2. The van der Waals surface area contributed by atoms with Crippen molar-refractivity contribution in [1.82, 2.24) is 4.98 Å². The first-order chi connectivity index (χ1) is 15.3. The van der Waals surface area contributed by atoms with Gasteiger partial charge in [0, 0.05) is 23.3 Å². The number of aromatic nitrogens is 1. The summed E-state index contributed by atoms with van der Waals surface area (Å²) in [5.41, 5.74) is 1.23. The zero-order valence-electron chi connectivity index (χ0n) is 17.7. The van der Waals surface area contributed by atoms with Crippen LogP contribution in [0.5, 0.6) is 11.5 Å². The maximum Gasteiger partial charge on any atom is 0.263 e. The Kier molecular flexibility index (Phi) is 7.49. The molecule has 0 bridgehead atoms. The van der Waals surface area contributed by atoms with Crippen molar-refractivity contribution in [3.8, 4) is 11.5 Å². The fourth-order valence-electron chi connectivity index (χ4n) is 2.66. The molecule has 2 aromatic carbocycles. The van der Waals surface area contributed by atoms with Gasteiger partial charge in [-0.15, -0.1) is 11.3 Å². The van der Waals surface area contributed by atoms with Crippen LogP contribution in [0.25, 0.3) is 6.08 Å². The van der Waals surface area contributed by atoms with E-state index in [0.29, 0.717) is 17.2 Å². The van der Waals surface area contributed by atoms with Crippen LogP contribution in [0.2, 0.25) is 0 Å². The van der Waals surface area contributed by atoms with Gasteiger partial charge in [-0.2, -0.15) is 0 Å². The molecule has 0 saturated heterocycles. The van der Waals surface area contributed by atoms with E-state index < -0.39 is 10.0 Å². The van der Waals surface area contributed by atoms with Gasteiger partial charge in [-0.25, -0.2) is 13.4 Å². The predicted molar refractivity (Wildman–Crippen MR) is 126 cm³/mol. The molecule has 0 fully saturated rings. The molecule has 2 N–H and O–H groups in total. The number of amides is 1. The third kappa shape index (κ3) is 6.32. The number of sulfonamides is 1. The molecule has 0 spiro atoms. The Morgan fingerprint density at radius 2 is 1.88 bits per heavy atom. The van der Waals surface area contributed by atoms with Gasteiger partial charge in [-0.3, -0.25) is 9.52 Å². The van der Waals surface area contributed by atoms with Gasteiger partial charge < -0.3 is 14.8 Å². The highest BCUT2D eigenvalue weighted by molar-refractivity contribution is 7.93. The molecule has 1 amide bonds. The number of rotatable bonds is 9. The van der Waals surface area contributed by atoms with E-state index in [1.165, 1.54) is 47.9 Å². The van der Waals surface area contributed by atoms with Crippen LogP contribution in [0.15, 0.2) is 65.0 Å². The molecule has 32 heavy (non-hydrogen) atoms. The summed E-state index contributed by atoms with van der Waals surface area (Å²) < 4.78 is 38.2. The molecular weight excluding hydrogens is 450 g/mol. The van der Waals surface area contributed by atoms with E-state index in [-0.39, 0.29) is 22.0 Å². The van der Waals surface area contributed by atoms with E-state index in [4.69, 9.17) is 9.47 Å². The van der Waals surface area contributed by atoms with E-state index in [9.17, 15) is 13.2 Å². The molecular formula is C22H23N3O5S2. The number of hydrogen-bond acceptors (Lipinski definition) is 7. The van der Waals surface area contributed by atoms with Crippen LogP contribution in [0.4, 0.5) is 10.8 Å². The molecule has 3 aromatic rings. The maximum atomic E-state index is 12.4. The molecule has 0 aliphatic heterocycles. The first-order valence-corrected chi connectivity index (χ1v) is 12.0. The number of carbonyl (C=O) groups is 1. The van der Waals surface area contributed by atoms with E-state index >= 15 is 0 Å². The van der Waals surface area contributed by atoms with E-state index in [1.54, 1.807) is 30.7 Å². The molecule has 0 aliphatic rings. The average Bonchev–Trinajstić information content (AvgIpc) is 3.25. The number of nitrogens with zero attached hydrogens (tertiary/aromatic N) is 1. The van der Waals surface area contributed by atoms with Crippen LogP contribution in [0.1, 0.15) is 19.4 Å². The van der Waals surface area contributed by atoms with Crippen LogP contribution in [0, 0.1) is 0 Å². The minimum atomic E-state index is -3.74. The summed E-state index contributed by atoms with van der Waals surface area (Å²) in [5.74, 6) is 0.843. The zero-order valence-corrected chi connectivity index (χ0v) is 19.4. The van der Waals surface area contributed by atoms with E-state index in [2.05, 4.69) is 15.0 Å². The van der Waals surface area contributed by atoms with Crippen LogP contribution in [-0.2, 0) is 14.8 Å². The van der Waals surface area contributed by atoms with Crippen molar-refractivity contribution in [2.24, 2.45) is 0 Å². The van der Waals surface area contributed by atoms with Crippen LogP contribution >= 0.6 is 11.3 Å². The quantitative estimate of drug-likeness (QED) is 0.447. The lowest BCUT2D eigenvalue weighted by Gasteiger charge is -2.13. The van der Waals surface area contributed by atoms with Crippen molar-refractivity contribution < 1.29 is 22.7 Å². The Labute approximate surface area is 191 Å². The Balaban J connectivity index is 1.63. The lowest BCUT2D eigenvalue weighted by atomic mass is 10.2. The third-order valence-corrected chi connectivity index (χ3v) is 6.24. The molecule has 10 heteroatoms. The van der Waals surface area contributed by atoms with Crippen molar-refractivity contribution in [3.05, 3.63) is 65.7 Å². The summed E-state index contributed by atoms with van der Waals surface area (Å²) in [6.07, 6.45) is 4.55. The van der Waals surface area contributed by atoms with Gasteiger partial charge in [0.2, 0.25) is 5.91 Å². The first-order valence-electron chi connectivity index (χ1n) is 9.63. The summed E-state index contributed by atoms with van der Waals surface area (Å²) in [7, 11) is -2.19. The number of ether oxygens (including phenoxy) is 2. The smallest absolute Gasteiger partial charge is 0.263 e. The van der Waals surface area contributed by atoms with Gasteiger partial charge in [0.15, 0.2) is 16.6 Å². The number of methoxy groups -OCH3 is 1. The molecule has 0 radical (unpaired) electrons. The number of carbonyl (C=O) groups excluding carboxylic acids is 1.